The fourth-order valence-electron chi connectivity index (χ4n) is 4.83. The van der Waals surface area contributed by atoms with Crippen molar-refractivity contribution in [2.75, 3.05) is 7.11 Å². The molecule has 0 radical (unpaired) electrons. The number of ether oxygens (including phenoxy) is 1. The molecule has 2 aromatic carbocycles. The summed E-state index contributed by atoms with van der Waals surface area (Å²) < 4.78 is 9.67. The van der Waals surface area contributed by atoms with Gasteiger partial charge in [0.2, 0.25) is 0 Å². The Morgan fingerprint density at radius 3 is 2.59 bits per heavy atom. The highest BCUT2D eigenvalue weighted by atomic mass is 16.5. The van der Waals surface area contributed by atoms with Crippen LogP contribution in [-0.4, -0.2) is 31.6 Å². The highest BCUT2D eigenvalue weighted by Gasteiger charge is 2.27. The molecule has 2 heterocycles. The summed E-state index contributed by atoms with van der Waals surface area (Å²) >= 11 is 0. The van der Waals surface area contributed by atoms with Gasteiger partial charge in [0, 0.05) is 11.6 Å². The van der Waals surface area contributed by atoms with Crippen molar-refractivity contribution in [3.8, 4) is 11.4 Å². The average molecular weight is 459 g/mol. The van der Waals surface area contributed by atoms with E-state index in [1.54, 1.807) is 35.9 Å². The van der Waals surface area contributed by atoms with Crippen LogP contribution in [0.3, 0.4) is 0 Å². The Labute approximate surface area is 196 Å². The molecule has 34 heavy (non-hydrogen) atoms. The van der Waals surface area contributed by atoms with Crippen molar-refractivity contribution < 1.29 is 9.53 Å². The number of imidazole rings is 1. The lowest BCUT2D eigenvalue weighted by molar-refractivity contribution is 0.0973. The quantitative estimate of drug-likeness (QED) is 0.412. The van der Waals surface area contributed by atoms with Crippen LogP contribution in [0.1, 0.15) is 47.6 Å². The monoisotopic (exact) mass is 458 g/mol. The van der Waals surface area contributed by atoms with Crippen LogP contribution in [0.4, 0.5) is 0 Å². The maximum atomic E-state index is 13.7. The second kappa shape index (κ2) is 8.78. The number of benzene rings is 2. The van der Waals surface area contributed by atoms with E-state index in [1.807, 2.05) is 31.2 Å². The first kappa shape index (κ1) is 21.9. The number of Topliss-reactive ketones (excluding diaryl/α,β-unsaturated/α-hetero) is 1. The van der Waals surface area contributed by atoms with Crippen LogP contribution in [0.2, 0.25) is 0 Å². The third-order valence-electron chi connectivity index (χ3n) is 6.60. The van der Waals surface area contributed by atoms with Gasteiger partial charge in [-0.15, -0.1) is 0 Å². The zero-order valence-corrected chi connectivity index (χ0v) is 19.2. The number of carbonyl (C=O) groups is 1. The molecule has 0 N–H and O–H groups in total. The van der Waals surface area contributed by atoms with Crippen molar-refractivity contribution in [1.29, 1.82) is 0 Å². The topological polar surface area (TPSA) is 88.1 Å². The van der Waals surface area contributed by atoms with Crippen LogP contribution < -0.4 is 16.0 Å². The van der Waals surface area contributed by atoms with E-state index >= 15 is 0 Å². The number of aryl methyl sites for hydroxylation is 1. The normalized spacial score (nSPS) is 14.1. The fourth-order valence-corrected chi connectivity index (χ4v) is 4.83. The molecule has 5 rings (SSSR count). The first-order chi connectivity index (χ1) is 16.5. The molecular formula is C26H26N4O4. The summed E-state index contributed by atoms with van der Waals surface area (Å²) in [5.74, 6) is 0.400. The van der Waals surface area contributed by atoms with E-state index in [-0.39, 0.29) is 35.2 Å². The number of methoxy groups -OCH3 is 1. The van der Waals surface area contributed by atoms with Crippen LogP contribution in [0.25, 0.3) is 16.9 Å². The third kappa shape index (κ3) is 3.65. The molecule has 0 spiro atoms. The molecular weight excluding hydrogens is 432 g/mol. The molecule has 2 aromatic heterocycles. The number of rotatable bonds is 6. The van der Waals surface area contributed by atoms with E-state index in [0.29, 0.717) is 17.0 Å². The van der Waals surface area contributed by atoms with Crippen LogP contribution in [0, 0.1) is 6.92 Å². The second-order valence-corrected chi connectivity index (χ2v) is 8.72. The van der Waals surface area contributed by atoms with Crippen LogP contribution in [-0.2, 0) is 6.54 Å². The molecule has 0 amide bonds. The molecule has 1 aliphatic rings. The Morgan fingerprint density at radius 1 is 1.09 bits per heavy atom. The fraction of sp³-hybridized carbons (Fsp3) is 0.308. The molecule has 8 heteroatoms. The molecule has 0 aliphatic heterocycles. The summed E-state index contributed by atoms with van der Waals surface area (Å²) in [7, 11) is 1.54. The largest absolute Gasteiger partial charge is 0.497 e. The summed E-state index contributed by atoms with van der Waals surface area (Å²) in [6.07, 6.45) is 4.99. The number of ketones is 1. The van der Waals surface area contributed by atoms with Gasteiger partial charge in [0.05, 0.1) is 25.7 Å². The zero-order chi connectivity index (χ0) is 23.8. The van der Waals surface area contributed by atoms with Gasteiger partial charge in [-0.05, 0) is 43.5 Å². The molecule has 0 atom stereocenters. The molecule has 4 aromatic rings. The number of fused-ring (bicyclic) bond motifs is 1. The van der Waals surface area contributed by atoms with Crippen molar-refractivity contribution in [3.63, 3.8) is 0 Å². The van der Waals surface area contributed by atoms with E-state index in [2.05, 4.69) is 4.98 Å². The zero-order valence-electron chi connectivity index (χ0n) is 19.2. The van der Waals surface area contributed by atoms with E-state index in [9.17, 15) is 14.4 Å². The third-order valence-corrected chi connectivity index (χ3v) is 6.60. The summed E-state index contributed by atoms with van der Waals surface area (Å²) in [6, 6.07) is 14.3. The van der Waals surface area contributed by atoms with Crippen LogP contribution >= 0.6 is 0 Å². The lowest BCUT2D eigenvalue weighted by atomic mass is 10.1. The van der Waals surface area contributed by atoms with Crippen molar-refractivity contribution in [2.45, 2.75) is 45.2 Å². The Kier molecular flexibility index (Phi) is 5.65. The summed E-state index contributed by atoms with van der Waals surface area (Å²) in [5, 5.41) is 0. The Morgan fingerprint density at radius 2 is 1.85 bits per heavy atom. The van der Waals surface area contributed by atoms with Gasteiger partial charge in [-0.1, -0.05) is 43.2 Å². The van der Waals surface area contributed by atoms with Gasteiger partial charge < -0.3 is 9.30 Å². The van der Waals surface area contributed by atoms with Crippen LogP contribution in [0.5, 0.6) is 5.75 Å². The molecule has 0 unspecified atom stereocenters. The summed E-state index contributed by atoms with van der Waals surface area (Å²) in [4.78, 5) is 44.8. The van der Waals surface area contributed by atoms with Crippen molar-refractivity contribution in [2.24, 2.45) is 0 Å². The molecule has 174 valence electrons. The molecule has 0 saturated heterocycles. The highest BCUT2D eigenvalue weighted by molar-refractivity contribution is 5.96. The van der Waals surface area contributed by atoms with Crippen molar-refractivity contribution >= 4 is 16.9 Å². The van der Waals surface area contributed by atoms with Gasteiger partial charge in [0.1, 0.15) is 5.75 Å². The highest BCUT2D eigenvalue weighted by Crippen LogP contribution is 2.28. The number of hydrogen-bond donors (Lipinski definition) is 0. The predicted molar refractivity (Wildman–Crippen MR) is 129 cm³/mol. The Hall–Kier alpha value is -3.94. The molecule has 1 saturated carbocycles. The first-order valence-corrected chi connectivity index (χ1v) is 11.4. The van der Waals surface area contributed by atoms with Crippen molar-refractivity contribution in [3.05, 3.63) is 86.8 Å². The lowest BCUT2D eigenvalue weighted by Crippen LogP contribution is -2.42. The SMILES string of the molecule is COc1cccc(C(=O)Cn2cnc3c2c(=O)n(C2CCCC2)c(=O)n3-c2ccccc2C)c1. The standard InChI is InChI=1S/C26H26N4O4/c1-17-8-3-6-13-21(17)30-24-23(25(32)29(26(30)33)19-10-4-5-11-19)28(16-27-24)15-22(31)18-9-7-12-20(14-18)34-2/h3,6-9,12-14,16,19H,4-5,10-11,15H2,1-2H3. The van der Waals surface area contributed by atoms with Gasteiger partial charge >= 0.3 is 5.69 Å². The van der Waals surface area contributed by atoms with E-state index < -0.39 is 5.56 Å². The van der Waals surface area contributed by atoms with Crippen molar-refractivity contribution in [1.82, 2.24) is 18.7 Å². The van der Waals surface area contributed by atoms with Gasteiger partial charge in [0.25, 0.3) is 5.56 Å². The minimum atomic E-state index is -0.396. The van der Waals surface area contributed by atoms with Gasteiger partial charge in [-0.25, -0.2) is 14.3 Å². The predicted octanol–water partition coefficient (Wildman–Crippen LogP) is 3.66. The lowest BCUT2D eigenvalue weighted by Gasteiger charge is -2.17. The molecule has 8 nitrogen and oxygen atoms in total. The summed E-state index contributed by atoms with van der Waals surface area (Å²) in [5.41, 5.74) is 1.78. The Bertz CT molecular complexity index is 1510. The number of hydrogen-bond acceptors (Lipinski definition) is 5. The number of nitrogens with zero attached hydrogens (tertiary/aromatic N) is 4. The number of aromatic nitrogens is 4. The van der Waals surface area contributed by atoms with E-state index in [4.69, 9.17) is 4.74 Å². The van der Waals surface area contributed by atoms with Gasteiger partial charge in [-0.2, -0.15) is 0 Å². The average Bonchev–Trinajstić information content (AvgIpc) is 3.51. The molecule has 0 bridgehead atoms. The first-order valence-electron chi connectivity index (χ1n) is 11.4. The van der Waals surface area contributed by atoms with E-state index in [1.165, 1.54) is 15.5 Å². The summed E-state index contributed by atoms with van der Waals surface area (Å²) in [6.45, 7) is 1.84. The maximum absolute atomic E-state index is 13.7. The number of carbonyl (C=O) groups excluding carboxylic acids is 1. The molecule has 1 fully saturated rings. The van der Waals surface area contributed by atoms with Gasteiger partial charge in [-0.3, -0.25) is 14.2 Å². The van der Waals surface area contributed by atoms with E-state index in [0.717, 1.165) is 31.2 Å². The molecule has 1 aliphatic carbocycles. The smallest absolute Gasteiger partial charge is 0.337 e. The van der Waals surface area contributed by atoms with Gasteiger partial charge in [0.15, 0.2) is 16.9 Å². The van der Waals surface area contributed by atoms with Crippen LogP contribution in [0.15, 0.2) is 64.4 Å². The minimum Gasteiger partial charge on any atom is -0.497 e. The number of para-hydroxylation sites is 1. The maximum Gasteiger partial charge on any atom is 0.337 e. The Balaban J connectivity index is 1.71. The second-order valence-electron chi connectivity index (χ2n) is 8.72. The minimum absolute atomic E-state index is 0.0739.